The van der Waals surface area contributed by atoms with Crippen molar-refractivity contribution in [3.63, 3.8) is 0 Å². The van der Waals surface area contributed by atoms with Crippen LogP contribution in [0.5, 0.6) is 0 Å². The van der Waals surface area contributed by atoms with Crippen LogP contribution in [0.4, 0.5) is 0 Å². The van der Waals surface area contributed by atoms with Gasteiger partial charge in [-0.15, -0.1) is 11.3 Å². The van der Waals surface area contributed by atoms with Crippen molar-refractivity contribution in [1.82, 2.24) is 15.2 Å². The first kappa shape index (κ1) is 32.3. The van der Waals surface area contributed by atoms with Crippen molar-refractivity contribution in [3.8, 4) is 16.8 Å². The van der Waals surface area contributed by atoms with Gasteiger partial charge in [0.25, 0.3) is 0 Å². The second kappa shape index (κ2) is 12.8. The molecule has 2 unspecified atom stereocenters. The van der Waals surface area contributed by atoms with E-state index in [0.717, 1.165) is 55.7 Å². The van der Waals surface area contributed by atoms with E-state index < -0.39 is 0 Å². The number of benzene rings is 8. The Balaban J connectivity index is 0.954. The summed E-state index contributed by atoms with van der Waals surface area (Å²) >= 11 is 1.84. The predicted molar refractivity (Wildman–Crippen MR) is 238 cm³/mol. The van der Waals surface area contributed by atoms with Gasteiger partial charge in [0, 0.05) is 64.6 Å². The van der Waals surface area contributed by atoms with Crippen molar-refractivity contribution in [3.05, 3.63) is 199 Å². The molecule has 0 spiro atoms. The highest BCUT2D eigenvalue weighted by Crippen LogP contribution is 2.43. The molecule has 0 saturated carbocycles. The van der Waals surface area contributed by atoms with Gasteiger partial charge >= 0.3 is 0 Å². The lowest BCUT2D eigenvalue weighted by Gasteiger charge is -2.32. The molecule has 270 valence electrons. The Morgan fingerprint density at radius 2 is 1.25 bits per heavy atom. The fraction of sp³-hybridized carbons (Fsp3) is 0.0392. The summed E-state index contributed by atoms with van der Waals surface area (Å²) in [6.45, 7) is 0. The van der Waals surface area contributed by atoms with Gasteiger partial charge in [0.15, 0.2) is 0 Å². The quantitative estimate of drug-likeness (QED) is 0.184. The third kappa shape index (κ3) is 5.15. The molecule has 0 aliphatic carbocycles. The van der Waals surface area contributed by atoms with Crippen LogP contribution >= 0.6 is 11.3 Å². The number of amidine groups is 1. The minimum absolute atomic E-state index is 0.152. The summed E-state index contributed by atoms with van der Waals surface area (Å²) in [5.41, 5.74) is 10.9. The topological polar surface area (TPSA) is 54.5 Å². The maximum absolute atomic E-state index is 6.83. The first-order valence-corrected chi connectivity index (χ1v) is 20.2. The molecule has 0 fully saturated rings. The number of rotatable bonds is 5. The van der Waals surface area contributed by atoms with E-state index in [0.29, 0.717) is 0 Å². The molecule has 4 heterocycles. The third-order valence-electron chi connectivity index (χ3n) is 11.5. The van der Waals surface area contributed by atoms with Crippen LogP contribution in [-0.2, 0) is 0 Å². The molecule has 2 atom stereocenters. The van der Waals surface area contributed by atoms with E-state index in [1.165, 1.54) is 47.5 Å². The van der Waals surface area contributed by atoms with E-state index in [1.807, 2.05) is 17.4 Å². The monoisotopic (exact) mass is 750 g/mol. The third-order valence-corrected chi connectivity index (χ3v) is 12.6. The fourth-order valence-electron chi connectivity index (χ4n) is 8.88. The lowest BCUT2D eigenvalue weighted by atomic mass is 9.98. The summed E-state index contributed by atoms with van der Waals surface area (Å²) in [4.78, 5) is 5.14. The van der Waals surface area contributed by atoms with Gasteiger partial charge in [0.2, 0.25) is 0 Å². The molecular weight excluding hydrogens is 717 g/mol. The average Bonchev–Trinajstić information content (AvgIpc) is 3.96. The number of nitrogens with zero attached hydrogens (tertiary/aromatic N) is 2. The van der Waals surface area contributed by atoms with Crippen LogP contribution in [0.1, 0.15) is 29.0 Å². The maximum atomic E-state index is 6.83. The van der Waals surface area contributed by atoms with Crippen molar-refractivity contribution in [1.29, 1.82) is 0 Å². The number of furan rings is 1. The van der Waals surface area contributed by atoms with Crippen LogP contribution in [0.25, 0.3) is 80.7 Å². The summed E-state index contributed by atoms with van der Waals surface area (Å²) in [5, 5.41) is 14.8. The molecule has 2 N–H and O–H groups in total. The molecule has 0 amide bonds. The lowest BCUT2D eigenvalue weighted by molar-refractivity contribution is 0.411. The highest BCUT2D eigenvalue weighted by molar-refractivity contribution is 7.25. The molecule has 3 aromatic heterocycles. The summed E-state index contributed by atoms with van der Waals surface area (Å²) in [7, 11) is 0. The molecule has 1 aliphatic rings. The minimum atomic E-state index is -0.193. The Kier molecular flexibility index (Phi) is 7.24. The van der Waals surface area contributed by atoms with Gasteiger partial charge in [-0.2, -0.15) is 0 Å². The summed E-state index contributed by atoms with van der Waals surface area (Å²) < 4.78 is 11.7. The zero-order valence-corrected chi connectivity index (χ0v) is 31.5. The molecule has 0 bridgehead atoms. The van der Waals surface area contributed by atoms with E-state index in [9.17, 15) is 0 Å². The second-order valence-corrected chi connectivity index (χ2v) is 15.9. The number of hydrogen-bond acceptors (Lipinski definition) is 5. The Bertz CT molecular complexity index is 3320. The van der Waals surface area contributed by atoms with E-state index in [-0.39, 0.29) is 12.3 Å². The van der Waals surface area contributed by atoms with Crippen LogP contribution in [0, 0.1) is 0 Å². The van der Waals surface area contributed by atoms with Crippen molar-refractivity contribution in [2.45, 2.75) is 12.3 Å². The summed E-state index contributed by atoms with van der Waals surface area (Å²) in [6.07, 6.45) is -0.345. The lowest BCUT2D eigenvalue weighted by Crippen LogP contribution is -2.45. The van der Waals surface area contributed by atoms with E-state index in [4.69, 9.17) is 9.41 Å². The number of nitrogens with one attached hydrogen (secondary N) is 2. The van der Waals surface area contributed by atoms with Crippen LogP contribution < -0.4 is 10.6 Å². The SMILES string of the molecule is c1ccc(C2=NC(c3ccccc3)NC(c3cccc4sc5cc(-c6cccc7c6oc6cc(-n8c9ccccc9c9ccccc98)ccc67)ccc5c34)N2)cc1. The van der Waals surface area contributed by atoms with Crippen LogP contribution in [0.3, 0.4) is 0 Å². The van der Waals surface area contributed by atoms with Gasteiger partial charge < -0.3 is 14.3 Å². The minimum Gasteiger partial charge on any atom is -0.455 e. The van der Waals surface area contributed by atoms with Gasteiger partial charge in [0.05, 0.1) is 11.0 Å². The zero-order valence-electron chi connectivity index (χ0n) is 30.7. The van der Waals surface area contributed by atoms with Crippen molar-refractivity contribution < 1.29 is 4.42 Å². The first-order valence-electron chi connectivity index (χ1n) is 19.4. The largest absolute Gasteiger partial charge is 0.455 e. The maximum Gasteiger partial charge on any atom is 0.143 e. The summed E-state index contributed by atoms with van der Waals surface area (Å²) in [5.74, 6) is 0.883. The smallest absolute Gasteiger partial charge is 0.143 e. The van der Waals surface area contributed by atoms with Crippen molar-refractivity contribution >= 4 is 81.1 Å². The highest BCUT2D eigenvalue weighted by Gasteiger charge is 2.27. The van der Waals surface area contributed by atoms with E-state index in [1.54, 1.807) is 0 Å². The number of fused-ring (bicyclic) bond motifs is 9. The van der Waals surface area contributed by atoms with E-state index in [2.05, 4.69) is 191 Å². The number of hydrogen-bond donors (Lipinski definition) is 2. The Labute approximate surface area is 332 Å². The van der Waals surface area contributed by atoms with Crippen molar-refractivity contribution in [2.24, 2.45) is 4.99 Å². The van der Waals surface area contributed by atoms with Crippen molar-refractivity contribution in [2.75, 3.05) is 0 Å². The molecular formula is C51H34N4OS. The van der Waals surface area contributed by atoms with Gasteiger partial charge in [-0.05, 0) is 53.1 Å². The van der Waals surface area contributed by atoms with E-state index >= 15 is 0 Å². The number of thiophene rings is 1. The van der Waals surface area contributed by atoms with Gasteiger partial charge in [-0.1, -0.05) is 140 Å². The molecule has 8 aromatic carbocycles. The Morgan fingerprint density at radius 3 is 2.05 bits per heavy atom. The first-order chi connectivity index (χ1) is 28.2. The Hall–Kier alpha value is -6.99. The van der Waals surface area contributed by atoms with Crippen LogP contribution in [0.2, 0.25) is 0 Å². The number of para-hydroxylation sites is 3. The fourth-order valence-corrected chi connectivity index (χ4v) is 10.1. The van der Waals surface area contributed by atoms with Crippen LogP contribution in [0.15, 0.2) is 191 Å². The average molecular weight is 751 g/mol. The standard InChI is InChI=1S/C51H34N4OS/c1-3-13-31(14-4-1)49-52-50(32-15-5-2-6-16-32)54-51(53-49)41-21-12-24-45-47(41)40-27-25-33(29-46(40)57-45)35-19-11-20-39-38-28-26-34(30-44(38)56-48(35)39)55-42-22-9-7-17-36(42)37-18-8-10-23-43(37)55/h1-30,49,51,53H,(H,52,54). The molecule has 6 heteroatoms. The molecule has 5 nitrogen and oxygen atoms in total. The normalized spacial score (nSPS) is 15.9. The van der Waals surface area contributed by atoms with Crippen LogP contribution in [-0.4, -0.2) is 10.4 Å². The van der Waals surface area contributed by atoms with Gasteiger partial charge in [-0.25, -0.2) is 4.99 Å². The molecule has 0 saturated heterocycles. The molecule has 57 heavy (non-hydrogen) atoms. The summed E-state index contributed by atoms with van der Waals surface area (Å²) in [6, 6.07) is 64.8. The predicted octanol–water partition coefficient (Wildman–Crippen LogP) is 13.1. The number of aliphatic imine (C=N–C) groups is 1. The molecule has 11 aromatic rings. The second-order valence-electron chi connectivity index (χ2n) is 14.8. The van der Waals surface area contributed by atoms with Gasteiger partial charge in [-0.3, -0.25) is 5.32 Å². The highest BCUT2D eigenvalue weighted by atomic mass is 32.1. The number of aromatic nitrogens is 1. The zero-order chi connectivity index (χ0) is 37.5. The molecule has 0 radical (unpaired) electrons. The Morgan fingerprint density at radius 1 is 0.544 bits per heavy atom. The molecule has 1 aliphatic heterocycles. The van der Waals surface area contributed by atoms with Gasteiger partial charge in [0.1, 0.15) is 29.3 Å². The molecule has 12 rings (SSSR count).